The van der Waals surface area contributed by atoms with E-state index in [1.165, 1.54) is 44.2 Å². The van der Waals surface area contributed by atoms with Crippen molar-refractivity contribution in [2.45, 2.75) is 0 Å². The van der Waals surface area contributed by atoms with Gasteiger partial charge in [-0.25, -0.2) is 0 Å². The van der Waals surface area contributed by atoms with Crippen molar-refractivity contribution in [1.29, 1.82) is 0 Å². The summed E-state index contributed by atoms with van der Waals surface area (Å²) in [4.78, 5) is 4.73. The van der Waals surface area contributed by atoms with Crippen molar-refractivity contribution < 1.29 is 4.74 Å². The monoisotopic (exact) mass is 830 g/mol. The standard InChI is InChI=1S/C62H42N2O/c1-4-13-43(14-5-1)47-23-30-51(31-24-47)63(52-32-25-48(26-33-52)44-15-6-2-7-16-44)55-37-39-60-58(42-55)56-21-12-22-57-59(38-40-61(65-60)62(56)57)64(54-36-29-46-19-10-11-20-50(46)41-54)53-34-27-49(28-35-53)45-17-8-3-9-18-45/h1-42H. The fraction of sp³-hybridized carbons (Fsp3) is 0. The third-order valence-electron chi connectivity index (χ3n) is 12.6. The Balaban J connectivity index is 0.988. The Labute approximate surface area is 379 Å². The Morgan fingerprint density at radius 2 is 0.708 bits per heavy atom. The second kappa shape index (κ2) is 16.2. The van der Waals surface area contributed by atoms with Crippen molar-refractivity contribution >= 4 is 55.7 Å². The van der Waals surface area contributed by atoms with Crippen molar-refractivity contribution in [3.05, 3.63) is 255 Å². The van der Waals surface area contributed by atoms with E-state index >= 15 is 0 Å². The molecule has 65 heavy (non-hydrogen) atoms. The van der Waals surface area contributed by atoms with Gasteiger partial charge >= 0.3 is 0 Å². The third-order valence-corrected chi connectivity index (χ3v) is 12.6. The minimum absolute atomic E-state index is 0.836. The Morgan fingerprint density at radius 1 is 0.262 bits per heavy atom. The molecule has 12 rings (SSSR count). The zero-order valence-corrected chi connectivity index (χ0v) is 35.6. The van der Waals surface area contributed by atoms with E-state index in [2.05, 4.69) is 265 Å². The van der Waals surface area contributed by atoms with Gasteiger partial charge in [0.2, 0.25) is 0 Å². The van der Waals surface area contributed by atoms with E-state index in [-0.39, 0.29) is 0 Å². The summed E-state index contributed by atoms with van der Waals surface area (Å²) in [6.45, 7) is 0. The number of nitrogens with zero attached hydrogens (tertiary/aromatic N) is 2. The molecule has 0 amide bonds. The molecular formula is C62H42N2O. The molecule has 1 aliphatic heterocycles. The zero-order chi connectivity index (χ0) is 43.1. The van der Waals surface area contributed by atoms with Gasteiger partial charge in [0.15, 0.2) is 0 Å². The summed E-state index contributed by atoms with van der Waals surface area (Å²) in [6.07, 6.45) is 0. The maximum absolute atomic E-state index is 6.86. The zero-order valence-electron chi connectivity index (χ0n) is 35.6. The summed E-state index contributed by atoms with van der Waals surface area (Å²) in [6, 6.07) is 91.2. The predicted octanol–water partition coefficient (Wildman–Crippen LogP) is 17.7. The normalized spacial score (nSPS) is 11.5. The van der Waals surface area contributed by atoms with Gasteiger partial charge in [-0.05, 0) is 129 Å². The Hall–Kier alpha value is -8.66. The van der Waals surface area contributed by atoms with Crippen LogP contribution in [0.3, 0.4) is 0 Å². The minimum Gasteiger partial charge on any atom is -0.456 e. The van der Waals surface area contributed by atoms with Crippen LogP contribution in [0, 0.1) is 0 Å². The maximum Gasteiger partial charge on any atom is 0.136 e. The summed E-state index contributed by atoms with van der Waals surface area (Å²) in [5.74, 6) is 1.69. The van der Waals surface area contributed by atoms with Gasteiger partial charge in [-0.3, -0.25) is 0 Å². The second-order valence-corrected chi connectivity index (χ2v) is 16.5. The molecule has 0 unspecified atom stereocenters. The lowest BCUT2D eigenvalue weighted by molar-refractivity contribution is 0.487. The molecule has 3 heteroatoms. The van der Waals surface area contributed by atoms with E-state index in [9.17, 15) is 0 Å². The van der Waals surface area contributed by atoms with Gasteiger partial charge in [-0.15, -0.1) is 0 Å². The lowest BCUT2D eigenvalue weighted by Gasteiger charge is -2.30. The van der Waals surface area contributed by atoms with Gasteiger partial charge in [0.25, 0.3) is 0 Å². The van der Waals surface area contributed by atoms with Gasteiger partial charge in [0, 0.05) is 44.8 Å². The Morgan fingerprint density at radius 3 is 1.28 bits per heavy atom. The highest BCUT2D eigenvalue weighted by Crippen LogP contribution is 2.52. The van der Waals surface area contributed by atoms with Gasteiger partial charge in [-0.2, -0.15) is 0 Å². The molecule has 0 aromatic heterocycles. The first-order valence-corrected chi connectivity index (χ1v) is 22.2. The fourth-order valence-electron chi connectivity index (χ4n) is 9.43. The molecule has 1 aliphatic rings. The third kappa shape index (κ3) is 7.06. The SMILES string of the molecule is c1ccc(-c2ccc(N(c3ccc(-c4ccccc4)cc3)c3ccc4c(c3)-c3cccc5c(N(c6ccc(-c7ccccc7)cc6)c6ccc7ccccc7c6)ccc(c35)O4)cc2)cc1. The molecule has 0 radical (unpaired) electrons. The van der Waals surface area contributed by atoms with Crippen LogP contribution in [-0.2, 0) is 0 Å². The van der Waals surface area contributed by atoms with E-state index in [0.717, 1.165) is 67.5 Å². The largest absolute Gasteiger partial charge is 0.456 e. The van der Waals surface area contributed by atoms with Crippen LogP contribution in [0.25, 0.3) is 66.1 Å². The van der Waals surface area contributed by atoms with E-state index in [0.29, 0.717) is 0 Å². The van der Waals surface area contributed by atoms with Gasteiger partial charge in [-0.1, -0.05) is 176 Å². The fourth-order valence-corrected chi connectivity index (χ4v) is 9.43. The summed E-state index contributed by atoms with van der Waals surface area (Å²) in [5.41, 5.74) is 15.7. The molecular weight excluding hydrogens is 789 g/mol. The topological polar surface area (TPSA) is 15.7 Å². The van der Waals surface area contributed by atoms with Gasteiger partial charge in [0.1, 0.15) is 11.5 Å². The predicted molar refractivity (Wildman–Crippen MR) is 273 cm³/mol. The van der Waals surface area contributed by atoms with E-state index in [4.69, 9.17) is 4.74 Å². The van der Waals surface area contributed by atoms with Crippen LogP contribution < -0.4 is 14.5 Å². The first-order chi connectivity index (χ1) is 32.2. The summed E-state index contributed by atoms with van der Waals surface area (Å²) < 4.78 is 6.86. The number of ether oxygens (including phenoxy) is 1. The molecule has 3 nitrogen and oxygen atoms in total. The second-order valence-electron chi connectivity index (χ2n) is 16.5. The highest BCUT2D eigenvalue weighted by molar-refractivity contribution is 6.11. The van der Waals surface area contributed by atoms with Crippen LogP contribution >= 0.6 is 0 Å². The van der Waals surface area contributed by atoms with E-state index in [1.807, 2.05) is 0 Å². The molecule has 0 spiro atoms. The average Bonchev–Trinajstić information content (AvgIpc) is 3.38. The smallest absolute Gasteiger partial charge is 0.136 e. The first-order valence-electron chi connectivity index (χ1n) is 22.2. The van der Waals surface area contributed by atoms with E-state index in [1.54, 1.807) is 0 Å². The molecule has 11 aromatic carbocycles. The van der Waals surface area contributed by atoms with Crippen molar-refractivity contribution in [3.8, 4) is 56.0 Å². The minimum atomic E-state index is 0.836. The van der Waals surface area contributed by atoms with Crippen molar-refractivity contribution in [3.63, 3.8) is 0 Å². The highest BCUT2D eigenvalue weighted by atomic mass is 16.5. The first kappa shape index (κ1) is 38.0. The molecule has 0 fully saturated rings. The van der Waals surface area contributed by atoms with E-state index < -0.39 is 0 Å². The van der Waals surface area contributed by atoms with Crippen molar-refractivity contribution in [2.24, 2.45) is 0 Å². The molecule has 0 atom stereocenters. The quantitative estimate of drug-likeness (QED) is 0.144. The highest BCUT2D eigenvalue weighted by Gasteiger charge is 2.26. The number of hydrogen-bond donors (Lipinski definition) is 0. The molecule has 1 heterocycles. The molecule has 0 aliphatic carbocycles. The Kier molecular flexibility index (Phi) is 9.50. The summed E-state index contributed by atoms with van der Waals surface area (Å²) in [5, 5.41) is 4.60. The maximum atomic E-state index is 6.86. The Bertz CT molecular complexity index is 3390. The van der Waals surface area contributed by atoms with Gasteiger partial charge < -0.3 is 14.5 Å². The molecule has 0 saturated carbocycles. The van der Waals surface area contributed by atoms with Gasteiger partial charge in [0.05, 0.1) is 5.69 Å². The van der Waals surface area contributed by atoms with Crippen LogP contribution in [0.2, 0.25) is 0 Å². The summed E-state index contributed by atoms with van der Waals surface area (Å²) >= 11 is 0. The number of anilines is 6. The molecule has 0 saturated heterocycles. The lowest BCUT2D eigenvalue weighted by Crippen LogP contribution is -2.12. The van der Waals surface area contributed by atoms with Crippen LogP contribution in [0.5, 0.6) is 11.5 Å². The number of fused-ring (bicyclic) bond motifs is 3. The van der Waals surface area contributed by atoms with Crippen LogP contribution in [-0.4, -0.2) is 0 Å². The van der Waals surface area contributed by atoms with Crippen LogP contribution in [0.1, 0.15) is 0 Å². The number of hydrogen-bond acceptors (Lipinski definition) is 3. The molecule has 0 bridgehead atoms. The average molecular weight is 831 g/mol. The van der Waals surface area contributed by atoms with Crippen LogP contribution in [0.15, 0.2) is 255 Å². The summed E-state index contributed by atoms with van der Waals surface area (Å²) in [7, 11) is 0. The van der Waals surface area contributed by atoms with Crippen molar-refractivity contribution in [1.82, 2.24) is 0 Å². The number of benzene rings is 11. The molecule has 306 valence electrons. The molecule has 11 aromatic rings. The van der Waals surface area contributed by atoms with Crippen LogP contribution in [0.4, 0.5) is 34.1 Å². The number of rotatable bonds is 9. The molecule has 0 N–H and O–H groups in total. The lowest BCUT2D eigenvalue weighted by atomic mass is 9.93. The van der Waals surface area contributed by atoms with Crippen molar-refractivity contribution in [2.75, 3.05) is 9.80 Å².